The molecule has 0 unspecified atom stereocenters. The normalized spacial score (nSPS) is 12.0. The van der Waals surface area contributed by atoms with Crippen molar-refractivity contribution in [2.24, 2.45) is 0 Å². The lowest BCUT2D eigenvalue weighted by Gasteiger charge is -2.24. The first-order valence-electron chi connectivity index (χ1n) is 8.98. The van der Waals surface area contributed by atoms with Crippen LogP contribution in [-0.2, 0) is 4.79 Å². The first-order valence-corrected chi connectivity index (χ1v) is 9.36. The van der Waals surface area contributed by atoms with Crippen molar-refractivity contribution in [3.05, 3.63) is 101 Å². The third kappa shape index (κ3) is 4.76. The van der Waals surface area contributed by atoms with Crippen LogP contribution in [0.4, 0.5) is 5.69 Å². The number of benzene rings is 3. The fourth-order valence-corrected chi connectivity index (χ4v) is 3.16. The van der Waals surface area contributed by atoms with Crippen molar-refractivity contribution < 1.29 is 4.79 Å². The lowest BCUT2D eigenvalue weighted by Crippen LogP contribution is -2.40. The second kappa shape index (κ2) is 8.85. The molecular formula is C23H23ClN2O. The maximum absolute atomic E-state index is 12.8. The average molecular weight is 379 g/mol. The number of hydrogen-bond acceptors (Lipinski definition) is 2. The fraction of sp³-hybridized carbons (Fsp3) is 0.174. The van der Waals surface area contributed by atoms with Gasteiger partial charge in [0.05, 0.1) is 12.1 Å². The minimum absolute atomic E-state index is 0.0754. The van der Waals surface area contributed by atoms with E-state index in [1.807, 2.05) is 68.4 Å². The Balaban J connectivity index is 1.79. The van der Waals surface area contributed by atoms with E-state index in [1.165, 1.54) is 0 Å². The summed E-state index contributed by atoms with van der Waals surface area (Å²) in [7, 11) is 0. The molecule has 0 radical (unpaired) electrons. The molecule has 27 heavy (non-hydrogen) atoms. The Labute approximate surface area is 165 Å². The molecule has 0 saturated heterocycles. The van der Waals surface area contributed by atoms with E-state index in [1.54, 1.807) is 0 Å². The summed E-state index contributed by atoms with van der Waals surface area (Å²) in [4.78, 5) is 12.8. The number of carbonyl (C=O) groups is 1. The third-order valence-electron chi connectivity index (χ3n) is 4.60. The maximum atomic E-state index is 12.8. The van der Waals surface area contributed by atoms with Gasteiger partial charge in [-0.25, -0.2) is 0 Å². The minimum Gasteiger partial charge on any atom is -0.324 e. The van der Waals surface area contributed by atoms with Crippen LogP contribution in [0.2, 0.25) is 5.02 Å². The molecule has 0 aliphatic carbocycles. The molecule has 3 aromatic carbocycles. The van der Waals surface area contributed by atoms with Gasteiger partial charge in [0.2, 0.25) is 5.91 Å². The summed E-state index contributed by atoms with van der Waals surface area (Å²) in [6.45, 7) is 3.76. The highest BCUT2D eigenvalue weighted by Crippen LogP contribution is 2.24. The van der Waals surface area contributed by atoms with Gasteiger partial charge in [0.25, 0.3) is 0 Å². The number of halogens is 1. The summed E-state index contributed by atoms with van der Waals surface area (Å²) in [6.07, 6.45) is 0. The van der Waals surface area contributed by atoms with Gasteiger partial charge in [0.15, 0.2) is 0 Å². The van der Waals surface area contributed by atoms with Gasteiger partial charge in [-0.15, -0.1) is 0 Å². The zero-order valence-electron chi connectivity index (χ0n) is 15.4. The Kier molecular flexibility index (Phi) is 6.28. The van der Waals surface area contributed by atoms with Crippen LogP contribution in [0, 0.1) is 6.92 Å². The van der Waals surface area contributed by atoms with Gasteiger partial charge < -0.3 is 5.32 Å². The van der Waals surface area contributed by atoms with Crippen LogP contribution in [0.25, 0.3) is 0 Å². The number of hydrogen-bond donors (Lipinski definition) is 2. The molecule has 3 rings (SSSR count). The summed E-state index contributed by atoms with van der Waals surface area (Å²) in [6, 6.07) is 25.3. The Bertz CT molecular complexity index is 857. The van der Waals surface area contributed by atoms with E-state index in [0.29, 0.717) is 5.02 Å². The van der Waals surface area contributed by atoms with Crippen LogP contribution >= 0.6 is 11.6 Å². The van der Waals surface area contributed by atoms with Crippen LogP contribution in [0.15, 0.2) is 78.9 Å². The monoisotopic (exact) mass is 378 g/mol. The van der Waals surface area contributed by atoms with Gasteiger partial charge in [0, 0.05) is 10.7 Å². The molecule has 4 heteroatoms. The maximum Gasteiger partial charge on any atom is 0.241 e. The van der Waals surface area contributed by atoms with Crippen molar-refractivity contribution in [2.75, 3.05) is 5.32 Å². The van der Waals surface area contributed by atoms with E-state index in [9.17, 15) is 4.79 Å². The van der Waals surface area contributed by atoms with Gasteiger partial charge in [-0.1, -0.05) is 78.3 Å². The van der Waals surface area contributed by atoms with Gasteiger partial charge in [0.1, 0.15) is 0 Å². The van der Waals surface area contributed by atoms with Crippen molar-refractivity contribution in [2.45, 2.75) is 25.9 Å². The molecule has 0 saturated carbocycles. The van der Waals surface area contributed by atoms with Gasteiger partial charge in [-0.2, -0.15) is 0 Å². The first-order chi connectivity index (χ1) is 13.1. The smallest absolute Gasteiger partial charge is 0.241 e. The molecule has 138 valence electrons. The Morgan fingerprint density at radius 2 is 1.41 bits per heavy atom. The van der Waals surface area contributed by atoms with E-state index < -0.39 is 6.04 Å². The number of amides is 1. The zero-order valence-corrected chi connectivity index (χ0v) is 16.2. The van der Waals surface area contributed by atoms with Crippen molar-refractivity contribution in [1.82, 2.24) is 5.32 Å². The highest BCUT2D eigenvalue weighted by atomic mass is 35.5. The van der Waals surface area contributed by atoms with Crippen LogP contribution in [-0.4, -0.2) is 11.9 Å². The van der Waals surface area contributed by atoms with E-state index in [4.69, 9.17) is 11.6 Å². The summed E-state index contributed by atoms with van der Waals surface area (Å²) >= 11 is 6.15. The summed E-state index contributed by atoms with van der Waals surface area (Å²) < 4.78 is 0. The molecule has 3 nitrogen and oxygen atoms in total. The topological polar surface area (TPSA) is 41.1 Å². The standard InChI is InChI=1S/C23H23ClN2O/c1-16-20(24)14-9-15-21(16)26-23(27)17(2)25-22(18-10-5-3-6-11-18)19-12-7-4-8-13-19/h3-15,17,22,25H,1-2H3,(H,26,27)/t17-/m0/s1. The lowest BCUT2D eigenvalue weighted by atomic mass is 9.98. The first kappa shape index (κ1) is 19.2. The molecule has 1 amide bonds. The van der Waals surface area contributed by atoms with Crippen LogP contribution in [0.5, 0.6) is 0 Å². The molecule has 0 aliphatic rings. The highest BCUT2D eigenvalue weighted by Gasteiger charge is 2.21. The van der Waals surface area contributed by atoms with E-state index >= 15 is 0 Å². The molecule has 0 heterocycles. The average Bonchev–Trinajstić information content (AvgIpc) is 2.70. The zero-order chi connectivity index (χ0) is 19.2. The predicted molar refractivity (Wildman–Crippen MR) is 112 cm³/mol. The van der Waals surface area contributed by atoms with Crippen LogP contribution < -0.4 is 10.6 Å². The number of rotatable bonds is 6. The largest absolute Gasteiger partial charge is 0.324 e. The number of nitrogens with one attached hydrogen (secondary N) is 2. The molecule has 0 aromatic heterocycles. The fourth-order valence-electron chi connectivity index (χ4n) is 2.99. The van der Waals surface area contributed by atoms with Crippen molar-refractivity contribution in [3.63, 3.8) is 0 Å². The van der Waals surface area contributed by atoms with Crippen molar-refractivity contribution >= 4 is 23.2 Å². The van der Waals surface area contributed by atoms with Gasteiger partial charge in [-0.05, 0) is 42.7 Å². The molecule has 2 N–H and O–H groups in total. The molecular weight excluding hydrogens is 356 g/mol. The number of carbonyl (C=O) groups excluding carboxylic acids is 1. The predicted octanol–water partition coefficient (Wildman–Crippen LogP) is 5.35. The van der Waals surface area contributed by atoms with Gasteiger partial charge >= 0.3 is 0 Å². The second-order valence-electron chi connectivity index (χ2n) is 6.54. The summed E-state index contributed by atoms with van der Waals surface area (Å²) in [5.74, 6) is -0.0998. The van der Waals surface area contributed by atoms with Crippen molar-refractivity contribution in [3.8, 4) is 0 Å². The molecule has 3 aromatic rings. The van der Waals surface area contributed by atoms with E-state index in [-0.39, 0.29) is 11.9 Å². The summed E-state index contributed by atoms with van der Waals surface area (Å²) in [5.41, 5.74) is 3.82. The lowest BCUT2D eigenvalue weighted by molar-refractivity contribution is -0.117. The Morgan fingerprint density at radius 3 is 1.96 bits per heavy atom. The SMILES string of the molecule is Cc1c(Cl)cccc1NC(=O)[C@H](C)NC(c1ccccc1)c1ccccc1. The quantitative estimate of drug-likeness (QED) is 0.606. The van der Waals surface area contributed by atoms with E-state index in [0.717, 1.165) is 22.4 Å². The summed E-state index contributed by atoms with van der Waals surface area (Å²) in [5, 5.41) is 7.07. The Hall–Kier alpha value is -2.62. The third-order valence-corrected chi connectivity index (χ3v) is 5.01. The molecule has 0 aliphatic heterocycles. The van der Waals surface area contributed by atoms with Crippen LogP contribution in [0.1, 0.15) is 29.7 Å². The Morgan fingerprint density at radius 1 is 0.852 bits per heavy atom. The number of anilines is 1. The second-order valence-corrected chi connectivity index (χ2v) is 6.95. The molecule has 1 atom stereocenters. The minimum atomic E-state index is -0.395. The van der Waals surface area contributed by atoms with Gasteiger partial charge in [-0.3, -0.25) is 10.1 Å². The molecule has 0 bridgehead atoms. The van der Waals surface area contributed by atoms with Crippen LogP contribution in [0.3, 0.4) is 0 Å². The van der Waals surface area contributed by atoms with E-state index in [2.05, 4.69) is 34.9 Å². The molecule has 0 spiro atoms. The highest BCUT2D eigenvalue weighted by molar-refractivity contribution is 6.31. The van der Waals surface area contributed by atoms with Crippen molar-refractivity contribution in [1.29, 1.82) is 0 Å². The molecule has 0 fully saturated rings.